The molecule has 9 nitrogen and oxygen atoms in total. The molecule has 0 radical (unpaired) electrons. The van der Waals surface area contributed by atoms with Crippen LogP contribution in [0.3, 0.4) is 0 Å². The summed E-state index contributed by atoms with van der Waals surface area (Å²) < 4.78 is 31.2. The highest BCUT2D eigenvalue weighted by atomic mass is 32.2. The summed E-state index contributed by atoms with van der Waals surface area (Å²) in [6.45, 7) is -0.00893. The molecular formula is C21H19N3O6S. The van der Waals surface area contributed by atoms with Gasteiger partial charge in [0.15, 0.2) is 0 Å². The quantitative estimate of drug-likeness (QED) is 0.405. The molecule has 0 aromatic heterocycles. The third-order valence-corrected chi connectivity index (χ3v) is 4.73. The van der Waals surface area contributed by atoms with Gasteiger partial charge >= 0.3 is 0 Å². The lowest BCUT2D eigenvalue weighted by Gasteiger charge is -2.13. The molecule has 31 heavy (non-hydrogen) atoms. The number of carbonyl (C=O) groups is 1. The zero-order chi connectivity index (χ0) is 22.4. The minimum Gasteiger partial charge on any atom is -0.457 e. The normalized spacial score (nSPS) is 10.9. The van der Waals surface area contributed by atoms with E-state index >= 15 is 0 Å². The number of hydrogen-bond donors (Lipinski definition) is 2. The van der Waals surface area contributed by atoms with E-state index in [1.165, 1.54) is 12.1 Å². The van der Waals surface area contributed by atoms with Gasteiger partial charge in [-0.25, -0.2) is 8.42 Å². The van der Waals surface area contributed by atoms with Crippen molar-refractivity contribution in [2.24, 2.45) is 0 Å². The molecule has 0 bridgehead atoms. The summed E-state index contributed by atoms with van der Waals surface area (Å²) in [6.07, 6.45) is 1.03. The average molecular weight is 441 g/mol. The van der Waals surface area contributed by atoms with Gasteiger partial charge in [0.1, 0.15) is 11.5 Å². The molecule has 0 aliphatic heterocycles. The molecule has 160 valence electrons. The molecule has 3 aromatic carbocycles. The molecule has 3 rings (SSSR count). The van der Waals surface area contributed by atoms with Crippen molar-refractivity contribution in [1.29, 1.82) is 0 Å². The maximum atomic E-state index is 12.8. The molecular weight excluding hydrogens is 422 g/mol. The van der Waals surface area contributed by atoms with Crippen LogP contribution < -0.4 is 14.8 Å². The number of benzene rings is 3. The van der Waals surface area contributed by atoms with Crippen LogP contribution in [0.4, 0.5) is 11.4 Å². The third-order valence-electron chi connectivity index (χ3n) is 4.14. The molecule has 0 atom stereocenters. The van der Waals surface area contributed by atoms with E-state index in [1.807, 2.05) is 0 Å². The van der Waals surface area contributed by atoms with Gasteiger partial charge in [0.25, 0.3) is 11.6 Å². The zero-order valence-corrected chi connectivity index (χ0v) is 17.3. The monoisotopic (exact) mass is 441 g/mol. The Morgan fingerprint density at radius 1 is 1.03 bits per heavy atom. The van der Waals surface area contributed by atoms with Crippen LogP contribution in [0.25, 0.3) is 0 Å². The first kappa shape index (κ1) is 21.8. The number of nitrogens with zero attached hydrogens (tertiary/aromatic N) is 1. The standard InChI is InChI=1S/C21H19N3O6S/c1-31(28,29)23-19-10-6-5-7-15(19)14-22-21(25)18-13-16(24(26)27)11-12-20(18)30-17-8-3-2-4-9-17/h2-13,23H,14H2,1H3,(H,22,25). The van der Waals surface area contributed by atoms with E-state index in [0.29, 0.717) is 17.0 Å². The number of amides is 1. The number of nitro groups is 1. The van der Waals surface area contributed by atoms with Crippen molar-refractivity contribution in [1.82, 2.24) is 5.32 Å². The number of sulfonamides is 1. The van der Waals surface area contributed by atoms with Gasteiger partial charge in [-0.3, -0.25) is 19.6 Å². The molecule has 0 saturated carbocycles. The molecule has 0 fully saturated rings. The highest BCUT2D eigenvalue weighted by molar-refractivity contribution is 7.92. The Hall–Kier alpha value is -3.92. The Morgan fingerprint density at radius 3 is 2.39 bits per heavy atom. The first-order valence-electron chi connectivity index (χ1n) is 9.08. The first-order chi connectivity index (χ1) is 14.7. The summed E-state index contributed by atoms with van der Waals surface area (Å²) in [5.74, 6) is 0.00809. The Kier molecular flexibility index (Phi) is 6.51. The second kappa shape index (κ2) is 9.26. The van der Waals surface area contributed by atoms with E-state index < -0.39 is 20.9 Å². The van der Waals surface area contributed by atoms with Gasteiger partial charge in [0.05, 0.1) is 22.4 Å². The number of ether oxygens (including phenoxy) is 1. The molecule has 0 unspecified atom stereocenters. The van der Waals surface area contributed by atoms with Gasteiger partial charge in [-0.15, -0.1) is 0 Å². The van der Waals surface area contributed by atoms with Gasteiger partial charge in [-0.05, 0) is 29.8 Å². The Morgan fingerprint density at radius 2 is 1.71 bits per heavy atom. The van der Waals surface area contributed by atoms with Gasteiger partial charge in [0, 0.05) is 18.7 Å². The number of para-hydroxylation sites is 2. The van der Waals surface area contributed by atoms with Crippen LogP contribution in [0.2, 0.25) is 0 Å². The predicted octanol–water partition coefficient (Wildman–Crippen LogP) is 3.69. The van der Waals surface area contributed by atoms with Crippen LogP contribution in [0.15, 0.2) is 72.8 Å². The summed E-state index contributed by atoms with van der Waals surface area (Å²) >= 11 is 0. The fourth-order valence-electron chi connectivity index (χ4n) is 2.76. The van der Waals surface area contributed by atoms with E-state index in [9.17, 15) is 23.3 Å². The molecule has 0 aliphatic rings. The van der Waals surface area contributed by atoms with Crippen LogP contribution >= 0.6 is 0 Å². The molecule has 0 heterocycles. The topological polar surface area (TPSA) is 128 Å². The smallest absolute Gasteiger partial charge is 0.270 e. The lowest BCUT2D eigenvalue weighted by atomic mass is 10.1. The maximum absolute atomic E-state index is 12.8. The largest absolute Gasteiger partial charge is 0.457 e. The highest BCUT2D eigenvalue weighted by Gasteiger charge is 2.19. The van der Waals surface area contributed by atoms with E-state index in [-0.39, 0.29) is 23.5 Å². The van der Waals surface area contributed by atoms with E-state index in [0.717, 1.165) is 12.3 Å². The van der Waals surface area contributed by atoms with Crippen LogP contribution in [0, 0.1) is 10.1 Å². The summed E-state index contributed by atoms with van der Waals surface area (Å²) in [7, 11) is -3.50. The second-order valence-electron chi connectivity index (χ2n) is 6.57. The third kappa shape index (κ3) is 6.03. The highest BCUT2D eigenvalue weighted by Crippen LogP contribution is 2.29. The van der Waals surface area contributed by atoms with Crippen LogP contribution in [-0.4, -0.2) is 25.5 Å². The molecule has 0 aliphatic carbocycles. The minimum absolute atomic E-state index is 0.00893. The second-order valence-corrected chi connectivity index (χ2v) is 8.32. The number of non-ortho nitro benzene ring substituents is 1. The summed E-state index contributed by atoms with van der Waals surface area (Å²) in [4.78, 5) is 23.4. The number of nitro benzene ring substituents is 1. The molecule has 0 spiro atoms. The van der Waals surface area contributed by atoms with Crippen molar-refractivity contribution in [3.05, 3.63) is 94.0 Å². The fraction of sp³-hybridized carbons (Fsp3) is 0.0952. The fourth-order valence-corrected chi connectivity index (χ4v) is 3.36. The van der Waals surface area contributed by atoms with Gasteiger partial charge < -0.3 is 10.1 Å². The van der Waals surface area contributed by atoms with Crippen LogP contribution in [0.1, 0.15) is 15.9 Å². The Bertz CT molecular complexity index is 1210. The predicted molar refractivity (Wildman–Crippen MR) is 116 cm³/mol. The first-order valence-corrected chi connectivity index (χ1v) is 11.0. The average Bonchev–Trinajstić information content (AvgIpc) is 2.72. The van der Waals surface area contributed by atoms with Crippen molar-refractivity contribution in [2.45, 2.75) is 6.54 Å². The van der Waals surface area contributed by atoms with E-state index in [1.54, 1.807) is 54.6 Å². The van der Waals surface area contributed by atoms with Gasteiger partial charge in [0.2, 0.25) is 10.0 Å². The minimum atomic E-state index is -3.50. The number of rotatable bonds is 8. The number of hydrogen-bond acceptors (Lipinski definition) is 6. The van der Waals surface area contributed by atoms with Crippen molar-refractivity contribution >= 4 is 27.3 Å². The molecule has 10 heteroatoms. The Balaban J connectivity index is 1.85. The number of nitrogens with one attached hydrogen (secondary N) is 2. The summed E-state index contributed by atoms with van der Waals surface area (Å²) in [5.41, 5.74) is 0.568. The SMILES string of the molecule is CS(=O)(=O)Nc1ccccc1CNC(=O)c1cc([N+](=O)[O-])ccc1Oc1ccccc1. The number of carbonyl (C=O) groups excluding carboxylic acids is 1. The lowest BCUT2D eigenvalue weighted by Crippen LogP contribution is -2.24. The molecule has 1 amide bonds. The summed E-state index contributed by atoms with van der Waals surface area (Å²) in [5, 5.41) is 13.8. The maximum Gasteiger partial charge on any atom is 0.270 e. The Labute approximate surface area is 178 Å². The van der Waals surface area contributed by atoms with Crippen LogP contribution in [0.5, 0.6) is 11.5 Å². The zero-order valence-electron chi connectivity index (χ0n) is 16.4. The molecule has 2 N–H and O–H groups in total. The van der Waals surface area contributed by atoms with Crippen molar-refractivity contribution < 1.29 is 22.9 Å². The van der Waals surface area contributed by atoms with Gasteiger partial charge in [-0.2, -0.15) is 0 Å². The molecule has 3 aromatic rings. The van der Waals surface area contributed by atoms with Crippen molar-refractivity contribution in [3.63, 3.8) is 0 Å². The van der Waals surface area contributed by atoms with Crippen molar-refractivity contribution in [2.75, 3.05) is 11.0 Å². The number of anilines is 1. The van der Waals surface area contributed by atoms with Crippen molar-refractivity contribution in [3.8, 4) is 11.5 Å². The lowest BCUT2D eigenvalue weighted by molar-refractivity contribution is -0.384. The summed E-state index contributed by atoms with van der Waals surface area (Å²) in [6, 6.07) is 19.0. The molecule has 0 saturated heterocycles. The van der Waals surface area contributed by atoms with E-state index in [2.05, 4.69) is 10.0 Å². The van der Waals surface area contributed by atoms with Gasteiger partial charge in [-0.1, -0.05) is 36.4 Å². The van der Waals surface area contributed by atoms with E-state index in [4.69, 9.17) is 4.74 Å². The van der Waals surface area contributed by atoms with Crippen LogP contribution in [-0.2, 0) is 16.6 Å².